The fourth-order valence-corrected chi connectivity index (χ4v) is 5.21. The van der Waals surface area contributed by atoms with E-state index in [4.69, 9.17) is 0 Å². The van der Waals surface area contributed by atoms with Crippen LogP contribution in [0, 0.1) is 18.3 Å². The van der Waals surface area contributed by atoms with E-state index in [2.05, 4.69) is 6.07 Å². The van der Waals surface area contributed by atoms with Crippen LogP contribution in [0.15, 0.2) is 59.1 Å². The molecule has 1 fully saturated rings. The number of nitrogens with zero attached hydrogens (tertiary/aromatic N) is 2. The second-order valence-electron chi connectivity index (χ2n) is 7.41. The second kappa shape index (κ2) is 7.18. The molecule has 0 aliphatic carbocycles. The fourth-order valence-electron chi connectivity index (χ4n) is 3.85. The molecular weight excluding hydrogens is 413 g/mol. The number of amides is 1. The highest BCUT2D eigenvalue weighted by Gasteiger charge is 2.51. The summed E-state index contributed by atoms with van der Waals surface area (Å²) in [5, 5.41) is 21.5. The minimum atomic E-state index is -4.46. The Morgan fingerprint density at radius 2 is 1.80 bits per heavy atom. The summed E-state index contributed by atoms with van der Waals surface area (Å²) in [6.45, 7) is 1.91. The smallest absolute Gasteiger partial charge is 0.366 e. The number of benzene rings is 2. The highest BCUT2D eigenvalue weighted by Crippen LogP contribution is 2.51. The van der Waals surface area contributed by atoms with Crippen molar-refractivity contribution in [1.82, 2.24) is 4.90 Å². The zero-order valence-electron chi connectivity index (χ0n) is 15.9. The summed E-state index contributed by atoms with van der Waals surface area (Å²) < 4.78 is 38.6. The summed E-state index contributed by atoms with van der Waals surface area (Å²) in [6, 6.07) is 13.8. The molecule has 1 amide bonds. The van der Waals surface area contributed by atoms with E-state index in [9.17, 15) is 28.3 Å². The van der Waals surface area contributed by atoms with Crippen molar-refractivity contribution in [2.45, 2.75) is 31.2 Å². The molecule has 0 spiro atoms. The summed E-state index contributed by atoms with van der Waals surface area (Å²) in [4.78, 5) is 14.3. The SMILES string of the molecule is Cc1ccc([C@@]2(O)CSC3=C(C#N)[C@@H](c4ccc(C(F)(F)F)cc4)CC(=O)N32)cc1. The summed E-state index contributed by atoms with van der Waals surface area (Å²) in [5.74, 6) is -0.854. The average Bonchev–Trinajstić information content (AvgIpc) is 3.07. The van der Waals surface area contributed by atoms with Crippen LogP contribution in [0.2, 0.25) is 0 Å². The number of rotatable bonds is 2. The fraction of sp³-hybridized carbons (Fsp3) is 0.273. The van der Waals surface area contributed by atoms with Crippen molar-refractivity contribution in [3.05, 3.63) is 81.4 Å². The molecule has 2 aromatic rings. The van der Waals surface area contributed by atoms with Crippen molar-refractivity contribution in [2.75, 3.05) is 5.75 Å². The van der Waals surface area contributed by atoms with Crippen molar-refractivity contribution in [3.8, 4) is 6.07 Å². The van der Waals surface area contributed by atoms with E-state index >= 15 is 0 Å². The molecule has 1 N–H and O–H groups in total. The van der Waals surface area contributed by atoms with Crippen molar-refractivity contribution in [3.63, 3.8) is 0 Å². The van der Waals surface area contributed by atoms with Crippen LogP contribution in [-0.4, -0.2) is 21.7 Å². The lowest BCUT2D eigenvalue weighted by atomic mass is 9.85. The van der Waals surface area contributed by atoms with E-state index in [-0.39, 0.29) is 23.7 Å². The number of fused-ring (bicyclic) bond motifs is 1. The monoisotopic (exact) mass is 430 g/mol. The van der Waals surface area contributed by atoms with Crippen LogP contribution in [0.25, 0.3) is 0 Å². The number of thioether (sulfide) groups is 1. The Labute approximate surface area is 175 Å². The molecule has 0 radical (unpaired) electrons. The Hall–Kier alpha value is -2.76. The first-order valence-corrected chi connectivity index (χ1v) is 10.2. The number of nitriles is 1. The Morgan fingerprint density at radius 1 is 1.17 bits per heavy atom. The Morgan fingerprint density at radius 3 is 2.37 bits per heavy atom. The van der Waals surface area contributed by atoms with E-state index in [0.29, 0.717) is 16.2 Å². The molecule has 4 rings (SSSR count). The lowest BCUT2D eigenvalue weighted by Gasteiger charge is -2.38. The van der Waals surface area contributed by atoms with Crippen molar-refractivity contribution in [2.24, 2.45) is 0 Å². The largest absolute Gasteiger partial charge is 0.416 e. The molecule has 2 atom stereocenters. The lowest BCUT2D eigenvalue weighted by Crippen LogP contribution is -2.48. The van der Waals surface area contributed by atoms with Crippen LogP contribution >= 0.6 is 11.8 Å². The molecule has 2 aliphatic rings. The third-order valence-corrected chi connectivity index (χ3v) is 6.69. The van der Waals surface area contributed by atoms with E-state index < -0.39 is 23.4 Å². The summed E-state index contributed by atoms with van der Waals surface area (Å²) >= 11 is 1.21. The highest BCUT2D eigenvalue weighted by molar-refractivity contribution is 8.03. The summed E-state index contributed by atoms with van der Waals surface area (Å²) in [5.41, 5.74) is -0.0557. The quantitative estimate of drug-likeness (QED) is 0.753. The van der Waals surface area contributed by atoms with Crippen LogP contribution in [-0.2, 0) is 16.7 Å². The number of aryl methyl sites for hydroxylation is 1. The van der Waals surface area contributed by atoms with Gasteiger partial charge in [-0.2, -0.15) is 18.4 Å². The number of halogens is 3. The van der Waals surface area contributed by atoms with Crippen LogP contribution in [0.4, 0.5) is 13.2 Å². The molecule has 154 valence electrons. The van der Waals surface area contributed by atoms with Gasteiger partial charge in [0.25, 0.3) is 0 Å². The molecule has 2 aromatic carbocycles. The maximum atomic E-state index is 13.0. The number of allylic oxidation sites excluding steroid dienone is 1. The van der Waals surface area contributed by atoms with Gasteiger partial charge in [0.2, 0.25) is 5.91 Å². The van der Waals surface area contributed by atoms with Gasteiger partial charge in [-0.3, -0.25) is 9.69 Å². The van der Waals surface area contributed by atoms with Gasteiger partial charge in [-0.25, -0.2) is 0 Å². The van der Waals surface area contributed by atoms with Gasteiger partial charge in [-0.15, -0.1) is 11.8 Å². The van der Waals surface area contributed by atoms with Gasteiger partial charge in [0.05, 0.1) is 28.0 Å². The topological polar surface area (TPSA) is 64.3 Å². The standard InChI is InChI=1S/C22H17F3N2O2S/c1-13-2-6-15(7-3-13)21(29)12-30-20-18(11-26)17(10-19(28)27(20)21)14-4-8-16(9-5-14)22(23,24)25/h2-9,17,29H,10,12H2,1H3/t17-,21+/m1/s1. The Kier molecular flexibility index (Phi) is 4.91. The van der Waals surface area contributed by atoms with Gasteiger partial charge in [0, 0.05) is 17.9 Å². The summed E-state index contributed by atoms with van der Waals surface area (Å²) in [6.07, 6.45) is -4.56. The molecular formula is C22H17F3N2O2S. The molecule has 0 saturated carbocycles. The van der Waals surface area contributed by atoms with Gasteiger partial charge >= 0.3 is 6.18 Å². The molecule has 0 bridgehead atoms. The van der Waals surface area contributed by atoms with E-state index in [0.717, 1.165) is 17.7 Å². The molecule has 1 saturated heterocycles. The molecule has 30 heavy (non-hydrogen) atoms. The normalized spacial score (nSPS) is 24.1. The number of carbonyl (C=O) groups excluding carboxylic acids is 1. The Bertz CT molecular complexity index is 1070. The van der Waals surface area contributed by atoms with Gasteiger partial charge in [-0.1, -0.05) is 42.0 Å². The lowest BCUT2D eigenvalue weighted by molar-refractivity contribution is -0.149. The number of hydrogen-bond donors (Lipinski definition) is 1. The van der Waals surface area contributed by atoms with Crippen molar-refractivity contribution in [1.29, 1.82) is 5.26 Å². The zero-order chi connectivity index (χ0) is 21.7. The third-order valence-electron chi connectivity index (χ3n) is 5.46. The molecule has 2 aliphatic heterocycles. The van der Waals surface area contributed by atoms with E-state index in [1.165, 1.54) is 28.8 Å². The van der Waals surface area contributed by atoms with Crippen molar-refractivity contribution < 1.29 is 23.1 Å². The number of aliphatic hydroxyl groups is 1. The predicted molar refractivity (Wildman–Crippen MR) is 106 cm³/mol. The van der Waals surface area contributed by atoms with Crippen LogP contribution in [0.1, 0.15) is 34.6 Å². The van der Waals surface area contributed by atoms with Crippen LogP contribution in [0.5, 0.6) is 0 Å². The number of hydrogen-bond acceptors (Lipinski definition) is 4. The number of alkyl halides is 3. The van der Waals surface area contributed by atoms with E-state index in [1.807, 2.05) is 19.1 Å². The second-order valence-corrected chi connectivity index (χ2v) is 8.37. The zero-order valence-corrected chi connectivity index (χ0v) is 16.7. The maximum Gasteiger partial charge on any atom is 0.416 e. The summed E-state index contributed by atoms with van der Waals surface area (Å²) in [7, 11) is 0. The van der Waals surface area contributed by atoms with Crippen molar-refractivity contribution >= 4 is 17.7 Å². The van der Waals surface area contributed by atoms with Gasteiger partial charge in [0.15, 0.2) is 5.72 Å². The highest BCUT2D eigenvalue weighted by atomic mass is 32.2. The molecule has 2 heterocycles. The van der Waals surface area contributed by atoms with Gasteiger partial charge < -0.3 is 5.11 Å². The van der Waals surface area contributed by atoms with Crippen LogP contribution < -0.4 is 0 Å². The molecule has 8 heteroatoms. The van der Waals surface area contributed by atoms with Gasteiger partial charge in [-0.05, 0) is 24.6 Å². The van der Waals surface area contributed by atoms with E-state index in [1.54, 1.807) is 12.1 Å². The minimum Gasteiger partial charge on any atom is -0.366 e. The molecule has 0 aromatic heterocycles. The first kappa shape index (κ1) is 20.5. The molecule has 4 nitrogen and oxygen atoms in total. The minimum absolute atomic E-state index is 0.105. The first-order valence-electron chi connectivity index (χ1n) is 9.22. The Balaban J connectivity index is 1.74. The third kappa shape index (κ3) is 3.28. The average molecular weight is 430 g/mol. The first-order chi connectivity index (χ1) is 14.1. The maximum absolute atomic E-state index is 13.0. The number of carbonyl (C=O) groups is 1. The molecule has 0 unspecified atom stereocenters. The predicted octanol–water partition coefficient (Wildman–Crippen LogP) is 4.66. The van der Waals surface area contributed by atoms with Gasteiger partial charge in [0.1, 0.15) is 0 Å². The van der Waals surface area contributed by atoms with Crippen LogP contribution in [0.3, 0.4) is 0 Å².